The zero-order chi connectivity index (χ0) is 15.2. The molecule has 2 rings (SSSR count). The van der Waals surface area contributed by atoms with E-state index in [1.165, 1.54) is 6.07 Å². The summed E-state index contributed by atoms with van der Waals surface area (Å²) >= 11 is 5.76. The number of carbonyl (C=O) groups is 1. The van der Waals surface area contributed by atoms with Crippen molar-refractivity contribution < 1.29 is 9.53 Å². The molecule has 1 amide bonds. The number of nitriles is 1. The maximum absolute atomic E-state index is 11.7. The third-order valence-electron chi connectivity index (χ3n) is 2.63. The van der Waals surface area contributed by atoms with E-state index in [0.29, 0.717) is 27.7 Å². The van der Waals surface area contributed by atoms with Gasteiger partial charge in [0.05, 0.1) is 17.3 Å². The van der Waals surface area contributed by atoms with E-state index >= 15 is 0 Å². The van der Waals surface area contributed by atoms with Gasteiger partial charge in [-0.3, -0.25) is 4.79 Å². The molecule has 0 atom stereocenters. The summed E-state index contributed by atoms with van der Waals surface area (Å²) in [6.45, 7) is -0.182. The number of amides is 1. The molecule has 0 heterocycles. The summed E-state index contributed by atoms with van der Waals surface area (Å²) in [6.07, 6.45) is 0. The first-order valence-corrected chi connectivity index (χ1v) is 6.44. The van der Waals surface area contributed by atoms with Crippen LogP contribution in [0.1, 0.15) is 5.56 Å². The summed E-state index contributed by atoms with van der Waals surface area (Å²) in [5, 5.41) is 12.0. The molecule has 0 aliphatic heterocycles. The molecule has 0 spiro atoms. The van der Waals surface area contributed by atoms with Gasteiger partial charge >= 0.3 is 0 Å². The van der Waals surface area contributed by atoms with Crippen molar-refractivity contribution in [3.8, 4) is 11.8 Å². The lowest BCUT2D eigenvalue weighted by molar-refractivity contribution is -0.118. The van der Waals surface area contributed by atoms with Crippen molar-refractivity contribution in [3.05, 3.63) is 53.1 Å². The van der Waals surface area contributed by atoms with Crippen LogP contribution in [0.15, 0.2) is 42.5 Å². The van der Waals surface area contributed by atoms with Gasteiger partial charge < -0.3 is 15.8 Å². The number of nitrogen functional groups attached to an aromatic ring is 1. The second-order valence-corrected chi connectivity index (χ2v) is 4.64. The maximum Gasteiger partial charge on any atom is 0.262 e. The predicted octanol–water partition coefficient (Wildman–Crippen LogP) is 2.81. The lowest BCUT2D eigenvalue weighted by Crippen LogP contribution is -2.20. The molecule has 2 aromatic carbocycles. The summed E-state index contributed by atoms with van der Waals surface area (Å²) in [5.41, 5.74) is 7.10. The SMILES string of the molecule is N#Cc1ccc(OCC(=O)Nc2ccc(Cl)cc2)c(N)c1. The molecule has 0 aromatic heterocycles. The van der Waals surface area contributed by atoms with Gasteiger partial charge in [0.1, 0.15) is 5.75 Å². The fraction of sp³-hybridized carbons (Fsp3) is 0.0667. The summed E-state index contributed by atoms with van der Waals surface area (Å²) in [6, 6.07) is 13.3. The maximum atomic E-state index is 11.7. The van der Waals surface area contributed by atoms with Crippen molar-refractivity contribution in [2.24, 2.45) is 0 Å². The van der Waals surface area contributed by atoms with Crippen molar-refractivity contribution in [3.63, 3.8) is 0 Å². The fourth-order valence-corrected chi connectivity index (χ4v) is 1.75. The van der Waals surface area contributed by atoms with Crippen LogP contribution in [-0.4, -0.2) is 12.5 Å². The molecule has 0 saturated carbocycles. The lowest BCUT2D eigenvalue weighted by Gasteiger charge is -2.09. The molecule has 3 N–H and O–H groups in total. The highest BCUT2D eigenvalue weighted by Crippen LogP contribution is 2.22. The first kappa shape index (κ1) is 14.7. The lowest BCUT2D eigenvalue weighted by atomic mass is 10.2. The number of hydrogen-bond donors (Lipinski definition) is 2. The third-order valence-corrected chi connectivity index (χ3v) is 2.88. The molecule has 0 aliphatic carbocycles. The Labute approximate surface area is 126 Å². The molecule has 0 fully saturated rings. The molecule has 0 saturated heterocycles. The number of rotatable bonds is 4. The van der Waals surface area contributed by atoms with E-state index < -0.39 is 0 Å². The number of nitrogens with zero attached hydrogens (tertiary/aromatic N) is 1. The highest BCUT2D eigenvalue weighted by atomic mass is 35.5. The van der Waals surface area contributed by atoms with Gasteiger partial charge in [-0.1, -0.05) is 11.6 Å². The zero-order valence-electron chi connectivity index (χ0n) is 11.0. The molecule has 106 valence electrons. The molecular formula is C15H12ClN3O2. The first-order chi connectivity index (χ1) is 10.1. The predicted molar refractivity (Wildman–Crippen MR) is 81.1 cm³/mol. The quantitative estimate of drug-likeness (QED) is 0.850. The van der Waals surface area contributed by atoms with Gasteiger partial charge in [0, 0.05) is 10.7 Å². The highest BCUT2D eigenvalue weighted by Gasteiger charge is 2.06. The van der Waals surface area contributed by atoms with Crippen molar-refractivity contribution in [2.45, 2.75) is 0 Å². The van der Waals surface area contributed by atoms with E-state index in [2.05, 4.69) is 5.32 Å². The number of halogens is 1. The number of nitrogens with two attached hydrogens (primary N) is 1. The Morgan fingerprint density at radius 2 is 2.00 bits per heavy atom. The van der Waals surface area contributed by atoms with E-state index in [1.807, 2.05) is 6.07 Å². The van der Waals surface area contributed by atoms with Gasteiger partial charge in [-0.25, -0.2) is 0 Å². The topological polar surface area (TPSA) is 88.1 Å². The van der Waals surface area contributed by atoms with Crippen molar-refractivity contribution in [1.82, 2.24) is 0 Å². The van der Waals surface area contributed by atoms with Gasteiger partial charge in [0.25, 0.3) is 5.91 Å². The van der Waals surface area contributed by atoms with Gasteiger partial charge in [-0.2, -0.15) is 5.26 Å². The number of hydrogen-bond acceptors (Lipinski definition) is 4. The Morgan fingerprint density at radius 3 is 2.62 bits per heavy atom. The monoisotopic (exact) mass is 301 g/mol. The standard InChI is InChI=1S/C15H12ClN3O2/c16-11-2-4-12(5-3-11)19-15(20)9-21-14-6-1-10(8-17)7-13(14)18/h1-7H,9,18H2,(H,19,20). The van der Waals surface area contributed by atoms with Crippen LogP contribution in [0.4, 0.5) is 11.4 Å². The van der Waals surface area contributed by atoms with E-state index in [4.69, 9.17) is 27.3 Å². The van der Waals surface area contributed by atoms with Crippen LogP contribution in [-0.2, 0) is 4.79 Å². The Hall–Kier alpha value is -2.71. The zero-order valence-corrected chi connectivity index (χ0v) is 11.7. The molecule has 21 heavy (non-hydrogen) atoms. The minimum absolute atomic E-state index is 0.182. The fourth-order valence-electron chi connectivity index (χ4n) is 1.62. The molecule has 2 aromatic rings. The summed E-state index contributed by atoms with van der Waals surface area (Å²) < 4.78 is 5.32. The molecule has 0 aliphatic rings. The largest absolute Gasteiger partial charge is 0.482 e. The highest BCUT2D eigenvalue weighted by molar-refractivity contribution is 6.30. The van der Waals surface area contributed by atoms with Crippen molar-refractivity contribution in [1.29, 1.82) is 5.26 Å². The van der Waals surface area contributed by atoms with E-state index in [9.17, 15) is 4.79 Å². The molecule has 0 unspecified atom stereocenters. The summed E-state index contributed by atoms with van der Waals surface area (Å²) in [4.78, 5) is 11.7. The van der Waals surface area contributed by atoms with Crippen molar-refractivity contribution >= 4 is 28.9 Å². The van der Waals surface area contributed by atoms with Gasteiger partial charge in [0.2, 0.25) is 0 Å². The summed E-state index contributed by atoms with van der Waals surface area (Å²) in [7, 11) is 0. The Kier molecular flexibility index (Phi) is 4.64. The average Bonchev–Trinajstić information content (AvgIpc) is 2.48. The van der Waals surface area contributed by atoms with Gasteiger partial charge in [0.15, 0.2) is 6.61 Å². The number of ether oxygens (including phenoxy) is 1. The Bertz CT molecular complexity index is 693. The van der Waals surface area contributed by atoms with Crippen LogP contribution in [0.3, 0.4) is 0 Å². The van der Waals surface area contributed by atoms with Crippen LogP contribution in [0, 0.1) is 11.3 Å². The number of benzene rings is 2. The minimum Gasteiger partial charge on any atom is -0.482 e. The van der Waals surface area contributed by atoms with Crippen LogP contribution in [0.25, 0.3) is 0 Å². The molecule has 5 nitrogen and oxygen atoms in total. The number of nitrogens with one attached hydrogen (secondary N) is 1. The van der Waals surface area contributed by atoms with Gasteiger partial charge in [-0.15, -0.1) is 0 Å². The average molecular weight is 302 g/mol. The van der Waals surface area contributed by atoms with Gasteiger partial charge in [-0.05, 0) is 42.5 Å². The smallest absolute Gasteiger partial charge is 0.262 e. The Morgan fingerprint density at radius 1 is 1.29 bits per heavy atom. The van der Waals surface area contributed by atoms with Crippen LogP contribution >= 0.6 is 11.6 Å². The van der Waals surface area contributed by atoms with Crippen LogP contribution in [0.2, 0.25) is 5.02 Å². The number of anilines is 2. The Balaban J connectivity index is 1.92. The molecule has 0 bridgehead atoms. The number of carbonyl (C=O) groups excluding carboxylic acids is 1. The first-order valence-electron chi connectivity index (χ1n) is 6.06. The van der Waals surface area contributed by atoms with Crippen LogP contribution in [0.5, 0.6) is 5.75 Å². The van der Waals surface area contributed by atoms with E-state index in [0.717, 1.165) is 0 Å². The molecule has 0 radical (unpaired) electrons. The van der Waals surface area contributed by atoms with E-state index in [1.54, 1.807) is 36.4 Å². The van der Waals surface area contributed by atoms with Crippen LogP contribution < -0.4 is 15.8 Å². The van der Waals surface area contributed by atoms with E-state index in [-0.39, 0.29) is 12.5 Å². The normalized spacial score (nSPS) is 9.71. The molecule has 6 heteroatoms. The second kappa shape index (κ2) is 6.64. The summed E-state index contributed by atoms with van der Waals surface area (Å²) in [5.74, 6) is 0.0429. The second-order valence-electron chi connectivity index (χ2n) is 4.21. The minimum atomic E-state index is -0.318. The third kappa shape index (κ3) is 4.13. The molecular weight excluding hydrogens is 290 g/mol. The van der Waals surface area contributed by atoms with Crippen molar-refractivity contribution in [2.75, 3.05) is 17.7 Å².